The minimum Gasteiger partial charge on any atom is -0.390 e. The molecule has 7 heteroatoms. The van der Waals surface area contributed by atoms with E-state index in [9.17, 15) is 10.1 Å². The zero-order chi connectivity index (χ0) is 19.2. The van der Waals surface area contributed by atoms with Crippen LogP contribution in [-0.2, 0) is 19.0 Å². The van der Waals surface area contributed by atoms with Gasteiger partial charge in [-0.05, 0) is 45.7 Å². The van der Waals surface area contributed by atoms with E-state index in [1.165, 1.54) is 30.4 Å². The van der Waals surface area contributed by atoms with Gasteiger partial charge in [0.1, 0.15) is 0 Å². The van der Waals surface area contributed by atoms with Crippen LogP contribution in [0.5, 0.6) is 0 Å². The maximum Gasteiger partial charge on any atom is 0.493 e. The van der Waals surface area contributed by atoms with Crippen molar-refractivity contribution >= 4 is 11.9 Å². The molecule has 1 aromatic carbocycles. The highest BCUT2D eigenvalue weighted by Gasteiger charge is 2.48. The molecule has 2 heterocycles. The molecule has 0 atom stereocenters. The Labute approximate surface area is 159 Å². The van der Waals surface area contributed by atoms with Crippen molar-refractivity contribution < 1.29 is 4.92 Å². The Morgan fingerprint density at radius 2 is 1.85 bits per heavy atom. The van der Waals surface area contributed by atoms with E-state index in [1.807, 2.05) is 0 Å². The SMILES string of the molecule is Cn1nc([N+](=O)[O-])nc1N1Cc2ccccc2C(C)(C)CC12CCCCC2. The van der Waals surface area contributed by atoms with Crippen LogP contribution < -0.4 is 4.90 Å². The summed E-state index contributed by atoms with van der Waals surface area (Å²) in [5.41, 5.74) is 2.63. The van der Waals surface area contributed by atoms with E-state index in [0.717, 1.165) is 19.3 Å². The quantitative estimate of drug-likeness (QED) is 0.588. The lowest BCUT2D eigenvalue weighted by Gasteiger charge is -2.47. The van der Waals surface area contributed by atoms with Crippen LogP contribution in [0.15, 0.2) is 24.3 Å². The van der Waals surface area contributed by atoms with E-state index < -0.39 is 4.92 Å². The molecular weight excluding hydrogens is 342 g/mol. The van der Waals surface area contributed by atoms with Gasteiger partial charge in [0, 0.05) is 24.2 Å². The summed E-state index contributed by atoms with van der Waals surface area (Å²) in [5, 5.41) is 15.3. The van der Waals surface area contributed by atoms with Gasteiger partial charge < -0.3 is 15.0 Å². The van der Waals surface area contributed by atoms with Crippen molar-refractivity contribution in [3.8, 4) is 0 Å². The molecule has 1 fully saturated rings. The number of aromatic nitrogens is 3. The molecule has 4 rings (SSSR count). The lowest BCUT2D eigenvalue weighted by molar-refractivity contribution is -0.394. The molecule has 0 radical (unpaired) electrons. The monoisotopic (exact) mass is 369 g/mol. The zero-order valence-electron chi connectivity index (χ0n) is 16.3. The molecule has 0 saturated heterocycles. The first kappa shape index (κ1) is 17.9. The first-order valence-corrected chi connectivity index (χ1v) is 9.74. The second kappa shape index (κ2) is 6.32. The van der Waals surface area contributed by atoms with E-state index in [-0.39, 0.29) is 16.9 Å². The first-order valence-electron chi connectivity index (χ1n) is 9.74. The van der Waals surface area contributed by atoms with Gasteiger partial charge in [-0.25, -0.2) is 0 Å². The Kier molecular flexibility index (Phi) is 4.20. The van der Waals surface area contributed by atoms with Gasteiger partial charge in [-0.3, -0.25) is 0 Å². The summed E-state index contributed by atoms with van der Waals surface area (Å²) in [7, 11) is 1.76. The van der Waals surface area contributed by atoms with Crippen LogP contribution in [0.25, 0.3) is 0 Å². The summed E-state index contributed by atoms with van der Waals surface area (Å²) in [5.74, 6) is 0.284. The van der Waals surface area contributed by atoms with Crippen molar-refractivity contribution in [3.05, 3.63) is 45.5 Å². The molecule has 2 aliphatic rings. The molecule has 1 spiro atoms. The van der Waals surface area contributed by atoms with Gasteiger partial charge in [-0.1, -0.05) is 57.4 Å². The maximum absolute atomic E-state index is 11.2. The zero-order valence-corrected chi connectivity index (χ0v) is 16.3. The third-order valence-electron chi connectivity index (χ3n) is 6.34. The lowest BCUT2D eigenvalue weighted by Crippen LogP contribution is -2.52. The molecule has 2 aromatic rings. The average Bonchev–Trinajstić information content (AvgIpc) is 2.98. The van der Waals surface area contributed by atoms with Crippen LogP contribution in [0.2, 0.25) is 0 Å². The van der Waals surface area contributed by atoms with Gasteiger partial charge in [0.05, 0.1) is 0 Å². The highest BCUT2D eigenvalue weighted by Crippen LogP contribution is 2.48. The second-order valence-corrected chi connectivity index (χ2v) is 8.68. The van der Waals surface area contributed by atoms with Crippen molar-refractivity contribution in [1.82, 2.24) is 14.8 Å². The molecule has 1 saturated carbocycles. The predicted molar refractivity (Wildman–Crippen MR) is 104 cm³/mol. The van der Waals surface area contributed by atoms with Crippen LogP contribution in [0, 0.1) is 10.1 Å². The minimum atomic E-state index is -0.507. The number of anilines is 1. The number of nitro groups is 1. The van der Waals surface area contributed by atoms with Crippen molar-refractivity contribution in [2.45, 2.75) is 69.9 Å². The molecule has 1 aliphatic carbocycles. The van der Waals surface area contributed by atoms with Crippen molar-refractivity contribution in [3.63, 3.8) is 0 Å². The molecule has 0 amide bonds. The van der Waals surface area contributed by atoms with Gasteiger partial charge in [0.25, 0.3) is 0 Å². The van der Waals surface area contributed by atoms with E-state index in [0.29, 0.717) is 12.5 Å². The number of hydrogen-bond donors (Lipinski definition) is 0. The van der Waals surface area contributed by atoms with E-state index in [4.69, 9.17) is 0 Å². The molecule has 0 bridgehead atoms. The fourth-order valence-electron chi connectivity index (χ4n) is 5.28. The molecule has 1 aliphatic heterocycles. The Morgan fingerprint density at radius 1 is 1.15 bits per heavy atom. The van der Waals surface area contributed by atoms with Crippen LogP contribution in [0.3, 0.4) is 0 Å². The summed E-state index contributed by atoms with van der Waals surface area (Å²) < 4.78 is 1.58. The number of fused-ring (bicyclic) bond motifs is 1. The average molecular weight is 369 g/mol. The predicted octanol–water partition coefficient (Wildman–Crippen LogP) is 4.11. The van der Waals surface area contributed by atoms with Crippen molar-refractivity contribution in [2.75, 3.05) is 4.90 Å². The molecule has 27 heavy (non-hydrogen) atoms. The summed E-state index contributed by atoms with van der Waals surface area (Å²) in [4.78, 5) is 17.4. The molecule has 0 N–H and O–H groups in total. The minimum absolute atomic E-state index is 0.0349. The van der Waals surface area contributed by atoms with E-state index in [2.05, 4.69) is 53.1 Å². The standard InChI is InChI=1S/C20H27N5O2/c1-19(2)14-20(11-7-4-8-12-20)24(13-15-9-5-6-10-16(15)19)18-21-17(25(26)27)22-23(18)3/h5-6,9-10H,4,7-8,11-14H2,1-3H3. The summed E-state index contributed by atoms with van der Waals surface area (Å²) >= 11 is 0. The fraction of sp³-hybridized carbons (Fsp3) is 0.600. The molecule has 1 aromatic heterocycles. The molecule has 144 valence electrons. The molecular formula is C20H27N5O2. The third kappa shape index (κ3) is 2.99. The summed E-state index contributed by atoms with van der Waals surface area (Å²) in [6, 6.07) is 8.59. The van der Waals surface area contributed by atoms with Gasteiger partial charge >= 0.3 is 11.9 Å². The number of nitrogens with zero attached hydrogens (tertiary/aromatic N) is 5. The summed E-state index contributed by atoms with van der Waals surface area (Å²) in [6.07, 6.45) is 6.81. The van der Waals surface area contributed by atoms with Gasteiger partial charge in [0.15, 0.2) is 0 Å². The number of aryl methyl sites for hydroxylation is 1. The molecule has 7 nitrogen and oxygen atoms in total. The van der Waals surface area contributed by atoms with Crippen molar-refractivity contribution in [1.29, 1.82) is 0 Å². The number of rotatable bonds is 2. The largest absolute Gasteiger partial charge is 0.493 e. The fourth-order valence-corrected chi connectivity index (χ4v) is 5.28. The Hall–Kier alpha value is -2.44. The highest BCUT2D eigenvalue weighted by molar-refractivity contribution is 5.46. The smallest absolute Gasteiger partial charge is 0.390 e. The van der Waals surface area contributed by atoms with Crippen LogP contribution in [-0.4, -0.2) is 25.2 Å². The Balaban J connectivity index is 1.88. The molecule has 0 unspecified atom stereocenters. The summed E-state index contributed by atoms with van der Waals surface area (Å²) in [6.45, 7) is 5.36. The normalized spacial score (nSPS) is 20.9. The maximum atomic E-state index is 11.2. The third-order valence-corrected chi connectivity index (χ3v) is 6.34. The van der Waals surface area contributed by atoms with Crippen LogP contribution in [0.1, 0.15) is 63.5 Å². The number of hydrogen-bond acceptors (Lipinski definition) is 5. The van der Waals surface area contributed by atoms with E-state index >= 15 is 0 Å². The Bertz CT molecular complexity index is 867. The van der Waals surface area contributed by atoms with Gasteiger partial charge in [-0.2, -0.15) is 4.68 Å². The van der Waals surface area contributed by atoms with Crippen LogP contribution >= 0.6 is 0 Å². The van der Waals surface area contributed by atoms with Crippen LogP contribution in [0.4, 0.5) is 11.9 Å². The first-order chi connectivity index (χ1) is 12.8. The number of benzene rings is 1. The van der Waals surface area contributed by atoms with Gasteiger partial charge in [-0.15, -0.1) is 0 Å². The van der Waals surface area contributed by atoms with Crippen molar-refractivity contribution in [2.24, 2.45) is 7.05 Å². The Morgan fingerprint density at radius 3 is 2.52 bits per heavy atom. The van der Waals surface area contributed by atoms with Gasteiger partial charge in [0.2, 0.25) is 0 Å². The topological polar surface area (TPSA) is 77.1 Å². The highest BCUT2D eigenvalue weighted by atomic mass is 16.6. The second-order valence-electron chi connectivity index (χ2n) is 8.68. The lowest BCUT2D eigenvalue weighted by atomic mass is 9.68. The van der Waals surface area contributed by atoms with E-state index in [1.54, 1.807) is 11.7 Å².